The maximum Gasteiger partial charge on any atom is 0.339 e. The Balaban J connectivity index is 1.72. The number of pyridine rings is 1. The number of carbonyl (C=O) groups is 2. The fourth-order valence-corrected chi connectivity index (χ4v) is 4.10. The number of halogens is 2. The molecule has 0 aliphatic carbocycles. The Kier molecular flexibility index (Phi) is 5.15. The Hall–Kier alpha value is -3.79. The minimum atomic E-state index is -1.39. The molecule has 0 saturated heterocycles. The molecule has 158 valence electrons. The molecule has 0 aliphatic rings. The molecule has 1 aromatic carbocycles. The third kappa shape index (κ3) is 3.50. The number of nitrogens with zero attached hydrogens (tertiary/aromatic N) is 2. The summed E-state index contributed by atoms with van der Waals surface area (Å²) in [6, 6.07) is 7.58. The summed E-state index contributed by atoms with van der Waals surface area (Å²) in [5.41, 5.74) is 0.127. The lowest BCUT2D eigenvalue weighted by molar-refractivity contribution is 0.0699. The molecule has 2 N–H and O–H groups in total. The van der Waals surface area contributed by atoms with Gasteiger partial charge in [0.25, 0.3) is 5.91 Å². The van der Waals surface area contributed by atoms with Crippen molar-refractivity contribution in [2.45, 2.75) is 6.92 Å². The SMILES string of the molecule is COc1cccn2nc(C(=O)Nc3scc(-c4ccc(C)c(F)c4F)c3C(=O)O)cc12. The zero-order valence-corrected chi connectivity index (χ0v) is 17.1. The molecule has 0 fully saturated rings. The molecular weight excluding hydrogens is 428 g/mol. The van der Waals surface area contributed by atoms with Crippen LogP contribution in [0.1, 0.15) is 26.4 Å². The monoisotopic (exact) mass is 443 g/mol. The van der Waals surface area contributed by atoms with Gasteiger partial charge in [-0.15, -0.1) is 11.3 Å². The Morgan fingerprint density at radius 2 is 1.97 bits per heavy atom. The number of nitrogens with one attached hydrogen (secondary N) is 1. The lowest BCUT2D eigenvalue weighted by Gasteiger charge is -2.07. The molecule has 0 atom stereocenters. The quantitative estimate of drug-likeness (QED) is 0.470. The van der Waals surface area contributed by atoms with Crippen molar-refractivity contribution in [3.8, 4) is 16.9 Å². The largest absolute Gasteiger partial charge is 0.494 e. The van der Waals surface area contributed by atoms with Gasteiger partial charge in [-0.25, -0.2) is 18.1 Å². The molecule has 3 aromatic heterocycles. The van der Waals surface area contributed by atoms with Crippen LogP contribution in [0.4, 0.5) is 13.8 Å². The molecule has 4 rings (SSSR count). The number of carboxylic acid groups (broad SMARTS) is 1. The van der Waals surface area contributed by atoms with Crippen molar-refractivity contribution < 1.29 is 28.2 Å². The van der Waals surface area contributed by atoms with E-state index in [4.69, 9.17) is 4.74 Å². The second kappa shape index (κ2) is 7.80. The fourth-order valence-electron chi connectivity index (χ4n) is 3.15. The van der Waals surface area contributed by atoms with Gasteiger partial charge in [0.2, 0.25) is 0 Å². The van der Waals surface area contributed by atoms with Gasteiger partial charge in [0.15, 0.2) is 17.3 Å². The molecule has 0 saturated carbocycles. The summed E-state index contributed by atoms with van der Waals surface area (Å²) >= 11 is 0.894. The maximum atomic E-state index is 14.4. The first-order valence-electron chi connectivity index (χ1n) is 8.95. The number of carboxylic acids is 1. The number of aromatic nitrogens is 2. The van der Waals surface area contributed by atoms with Crippen LogP contribution in [0.25, 0.3) is 16.6 Å². The number of anilines is 1. The third-order valence-electron chi connectivity index (χ3n) is 4.71. The van der Waals surface area contributed by atoms with Crippen LogP contribution in [0.5, 0.6) is 5.75 Å². The first kappa shape index (κ1) is 20.5. The van der Waals surface area contributed by atoms with E-state index in [0.717, 1.165) is 11.3 Å². The number of hydrogen-bond acceptors (Lipinski definition) is 5. The van der Waals surface area contributed by atoms with E-state index in [0.29, 0.717) is 11.3 Å². The van der Waals surface area contributed by atoms with Crippen LogP contribution >= 0.6 is 11.3 Å². The highest BCUT2D eigenvalue weighted by Crippen LogP contribution is 2.38. The number of rotatable bonds is 5. The average Bonchev–Trinajstić information content (AvgIpc) is 3.36. The summed E-state index contributed by atoms with van der Waals surface area (Å²) in [5.74, 6) is -3.73. The average molecular weight is 443 g/mol. The zero-order valence-electron chi connectivity index (χ0n) is 16.3. The number of fused-ring (bicyclic) bond motifs is 1. The van der Waals surface area contributed by atoms with Crippen LogP contribution in [0, 0.1) is 18.6 Å². The van der Waals surface area contributed by atoms with Gasteiger partial charge in [0.1, 0.15) is 21.8 Å². The summed E-state index contributed by atoms with van der Waals surface area (Å²) in [4.78, 5) is 24.6. The number of hydrogen-bond donors (Lipinski definition) is 2. The molecule has 0 spiro atoms. The van der Waals surface area contributed by atoms with E-state index < -0.39 is 23.5 Å². The van der Waals surface area contributed by atoms with Crippen LogP contribution in [-0.2, 0) is 0 Å². The smallest absolute Gasteiger partial charge is 0.339 e. The van der Waals surface area contributed by atoms with Crippen molar-refractivity contribution in [2.75, 3.05) is 12.4 Å². The third-order valence-corrected chi connectivity index (χ3v) is 5.61. The Morgan fingerprint density at radius 1 is 1.19 bits per heavy atom. The minimum absolute atomic E-state index is 0.0168. The van der Waals surface area contributed by atoms with Gasteiger partial charge in [-0.2, -0.15) is 5.10 Å². The molecule has 0 radical (unpaired) electrons. The first-order chi connectivity index (χ1) is 14.8. The van der Waals surface area contributed by atoms with Crippen molar-refractivity contribution >= 4 is 33.7 Å². The van der Waals surface area contributed by atoms with Crippen LogP contribution < -0.4 is 10.1 Å². The maximum absolute atomic E-state index is 14.4. The number of carbonyl (C=O) groups excluding carboxylic acids is 1. The standard InChI is InChI=1S/C21H15F2N3O4S/c1-10-5-6-11(18(23)17(10)22)12-9-31-20(16(12)21(28)29)24-19(27)13-8-14-15(30-2)4-3-7-26(14)25-13/h3-9H,1-2H3,(H,24,27)(H,28,29). The molecule has 3 heterocycles. The highest BCUT2D eigenvalue weighted by atomic mass is 32.1. The van der Waals surface area contributed by atoms with E-state index >= 15 is 0 Å². The van der Waals surface area contributed by atoms with E-state index in [1.54, 1.807) is 18.3 Å². The van der Waals surface area contributed by atoms with Crippen molar-refractivity contribution in [1.29, 1.82) is 0 Å². The van der Waals surface area contributed by atoms with Crippen molar-refractivity contribution in [3.05, 3.63) is 70.4 Å². The number of thiophene rings is 1. The molecular formula is C21H15F2N3O4S. The van der Waals surface area contributed by atoms with Gasteiger partial charge in [-0.1, -0.05) is 12.1 Å². The van der Waals surface area contributed by atoms with E-state index in [9.17, 15) is 23.5 Å². The Labute approximate surface area is 178 Å². The summed E-state index contributed by atoms with van der Waals surface area (Å²) < 4.78 is 35.1. The summed E-state index contributed by atoms with van der Waals surface area (Å²) in [7, 11) is 1.49. The van der Waals surface area contributed by atoms with Crippen molar-refractivity contribution in [2.24, 2.45) is 0 Å². The normalized spacial score (nSPS) is 11.0. The number of ether oxygens (including phenoxy) is 1. The van der Waals surface area contributed by atoms with Crippen molar-refractivity contribution in [3.63, 3.8) is 0 Å². The molecule has 1 amide bonds. The minimum Gasteiger partial charge on any atom is -0.494 e. The second-order valence-electron chi connectivity index (χ2n) is 6.61. The number of benzene rings is 1. The van der Waals surface area contributed by atoms with Gasteiger partial charge < -0.3 is 15.2 Å². The van der Waals surface area contributed by atoms with E-state index in [2.05, 4.69) is 10.4 Å². The number of amides is 1. The van der Waals surface area contributed by atoms with Crippen LogP contribution in [-0.4, -0.2) is 33.7 Å². The molecule has 10 heteroatoms. The van der Waals surface area contributed by atoms with Gasteiger partial charge in [0.05, 0.1) is 7.11 Å². The molecule has 0 unspecified atom stereocenters. The second-order valence-corrected chi connectivity index (χ2v) is 7.49. The summed E-state index contributed by atoms with van der Waals surface area (Å²) in [5, 5.41) is 17.7. The van der Waals surface area contributed by atoms with Crippen LogP contribution in [0.2, 0.25) is 0 Å². The highest BCUT2D eigenvalue weighted by Gasteiger charge is 2.25. The number of aryl methyl sites for hydroxylation is 1. The van der Waals surface area contributed by atoms with E-state index in [1.807, 2.05) is 0 Å². The highest BCUT2D eigenvalue weighted by molar-refractivity contribution is 7.15. The van der Waals surface area contributed by atoms with E-state index in [-0.39, 0.29) is 32.9 Å². The Morgan fingerprint density at radius 3 is 2.68 bits per heavy atom. The molecule has 7 nitrogen and oxygen atoms in total. The molecule has 0 bridgehead atoms. The zero-order chi connectivity index (χ0) is 22.3. The molecule has 31 heavy (non-hydrogen) atoms. The van der Waals surface area contributed by atoms with E-state index in [1.165, 1.54) is 42.1 Å². The van der Waals surface area contributed by atoms with Crippen LogP contribution in [0.15, 0.2) is 41.9 Å². The summed E-state index contributed by atoms with van der Waals surface area (Å²) in [6.07, 6.45) is 1.63. The molecule has 4 aromatic rings. The van der Waals surface area contributed by atoms with Gasteiger partial charge in [0, 0.05) is 28.8 Å². The van der Waals surface area contributed by atoms with Gasteiger partial charge in [-0.05, 0) is 24.6 Å². The van der Waals surface area contributed by atoms with Gasteiger partial charge >= 0.3 is 5.97 Å². The topological polar surface area (TPSA) is 92.9 Å². The lowest BCUT2D eigenvalue weighted by Crippen LogP contribution is -2.14. The predicted molar refractivity (Wildman–Crippen MR) is 111 cm³/mol. The lowest BCUT2D eigenvalue weighted by atomic mass is 10.0. The van der Waals surface area contributed by atoms with Gasteiger partial charge in [-0.3, -0.25) is 4.79 Å². The van der Waals surface area contributed by atoms with Crippen LogP contribution in [0.3, 0.4) is 0 Å². The predicted octanol–water partition coefficient (Wildman–Crippen LogP) is 4.61. The number of aromatic carboxylic acids is 1. The fraction of sp³-hybridized carbons (Fsp3) is 0.0952. The summed E-state index contributed by atoms with van der Waals surface area (Å²) in [6.45, 7) is 1.41. The number of methoxy groups -OCH3 is 1. The first-order valence-corrected chi connectivity index (χ1v) is 9.83. The Bertz CT molecular complexity index is 1350. The van der Waals surface area contributed by atoms with Crippen molar-refractivity contribution in [1.82, 2.24) is 9.61 Å². The molecule has 0 aliphatic heterocycles.